The van der Waals surface area contributed by atoms with Gasteiger partial charge in [0.05, 0.1) is 19.8 Å². The maximum atomic E-state index is 12.2. The van der Waals surface area contributed by atoms with E-state index in [9.17, 15) is 14.4 Å². The summed E-state index contributed by atoms with van der Waals surface area (Å²) in [5, 5.41) is 3.14. The molecule has 1 aromatic carbocycles. The minimum Gasteiger partial charge on any atom is -0.497 e. The van der Waals surface area contributed by atoms with E-state index < -0.39 is 24.5 Å². The predicted molar refractivity (Wildman–Crippen MR) is 109 cm³/mol. The summed E-state index contributed by atoms with van der Waals surface area (Å²) in [6.45, 7) is -0.398. The summed E-state index contributed by atoms with van der Waals surface area (Å²) in [5.74, 6) is -0.652. The molecule has 0 saturated heterocycles. The van der Waals surface area contributed by atoms with Crippen molar-refractivity contribution in [3.63, 3.8) is 0 Å². The number of carbonyl (C=O) groups excluding carboxylic acids is 3. The first-order valence-corrected chi connectivity index (χ1v) is 10.1. The molecule has 0 fully saturated rings. The van der Waals surface area contributed by atoms with Crippen LogP contribution in [0.3, 0.4) is 0 Å². The molecule has 154 valence electrons. The lowest BCUT2D eigenvalue weighted by Gasteiger charge is -2.08. The Hall–Kier alpha value is -2.87. The lowest BCUT2D eigenvalue weighted by molar-refractivity contribution is -0.147. The number of methoxy groups -OCH3 is 2. The maximum Gasteiger partial charge on any atom is 0.341 e. The fourth-order valence-corrected chi connectivity index (χ4v) is 4.52. The molecule has 1 amide bonds. The van der Waals surface area contributed by atoms with E-state index in [-0.39, 0.29) is 6.42 Å². The fraction of sp³-hybridized carbons (Fsp3) is 0.381. The van der Waals surface area contributed by atoms with Gasteiger partial charge in [0.2, 0.25) is 0 Å². The predicted octanol–water partition coefficient (Wildman–Crippen LogP) is 3.15. The van der Waals surface area contributed by atoms with Crippen LogP contribution in [-0.2, 0) is 38.3 Å². The molecule has 1 aliphatic rings. The van der Waals surface area contributed by atoms with Crippen LogP contribution in [-0.4, -0.2) is 38.7 Å². The van der Waals surface area contributed by atoms with Gasteiger partial charge >= 0.3 is 11.9 Å². The molecule has 0 saturated carbocycles. The van der Waals surface area contributed by atoms with Gasteiger partial charge in [0.25, 0.3) is 5.91 Å². The molecule has 1 heterocycles. The number of aryl methyl sites for hydroxylation is 2. The molecule has 29 heavy (non-hydrogen) atoms. The average molecular weight is 417 g/mol. The van der Waals surface area contributed by atoms with Gasteiger partial charge in [0.15, 0.2) is 6.61 Å². The molecule has 0 aliphatic heterocycles. The molecule has 0 spiro atoms. The average Bonchev–Trinajstić information content (AvgIpc) is 3.31. The molecule has 0 unspecified atom stereocenters. The van der Waals surface area contributed by atoms with E-state index in [1.165, 1.54) is 18.4 Å². The van der Waals surface area contributed by atoms with Gasteiger partial charge in [-0.2, -0.15) is 0 Å². The molecule has 2 aromatic rings. The molecule has 1 aromatic heterocycles. The molecule has 0 atom stereocenters. The summed E-state index contributed by atoms with van der Waals surface area (Å²) in [4.78, 5) is 37.3. The van der Waals surface area contributed by atoms with Gasteiger partial charge < -0.3 is 19.5 Å². The highest BCUT2D eigenvalue weighted by molar-refractivity contribution is 7.17. The summed E-state index contributed by atoms with van der Waals surface area (Å²) in [6.07, 6.45) is 3.35. The van der Waals surface area contributed by atoms with Gasteiger partial charge in [0.1, 0.15) is 10.8 Å². The number of rotatable bonds is 8. The molecular formula is C21H23NO6S. The van der Waals surface area contributed by atoms with Crippen molar-refractivity contribution in [2.45, 2.75) is 32.1 Å². The Morgan fingerprint density at radius 3 is 2.55 bits per heavy atom. The lowest BCUT2D eigenvalue weighted by Crippen LogP contribution is -2.21. The fourth-order valence-electron chi connectivity index (χ4n) is 3.23. The van der Waals surface area contributed by atoms with Gasteiger partial charge in [-0.1, -0.05) is 12.1 Å². The highest BCUT2D eigenvalue weighted by atomic mass is 32.1. The maximum absolute atomic E-state index is 12.2. The van der Waals surface area contributed by atoms with Gasteiger partial charge in [-0.25, -0.2) is 4.79 Å². The van der Waals surface area contributed by atoms with E-state index in [1.807, 2.05) is 24.3 Å². The highest BCUT2D eigenvalue weighted by Crippen LogP contribution is 2.39. The Labute approximate surface area is 173 Å². The SMILES string of the molecule is COC(=O)c1c(NC(=O)COC(=O)CCc2ccc(OC)cc2)sc2c1CCC2. The second-order valence-electron chi connectivity index (χ2n) is 6.61. The van der Waals surface area contributed by atoms with Crippen molar-refractivity contribution < 1.29 is 28.6 Å². The van der Waals surface area contributed by atoms with Gasteiger partial charge in [-0.05, 0) is 48.9 Å². The second-order valence-corrected chi connectivity index (χ2v) is 7.72. The largest absolute Gasteiger partial charge is 0.497 e. The van der Waals surface area contributed by atoms with E-state index in [2.05, 4.69) is 5.32 Å². The summed E-state index contributed by atoms with van der Waals surface area (Å²) in [7, 11) is 2.91. The summed E-state index contributed by atoms with van der Waals surface area (Å²) in [6, 6.07) is 7.41. The van der Waals surface area contributed by atoms with Crippen molar-refractivity contribution in [2.75, 3.05) is 26.1 Å². The number of fused-ring (bicyclic) bond motifs is 1. The van der Waals surface area contributed by atoms with Gasteiger partial charge in [-0.3, -0.25) is 9.59 Å². The van der Waals surface area contributed by atoms with Crippen molar-refractivity contribution in [2.24, 2.45) is 0 Å². The minimum atomic E-state index is -0.479. The van der Waals surface area contributed by atoms with Crippen LogP contribution in [0.15, 0.2) is 24.3 Å². The van der Waals surface area contributed by atoms with E-state index in [4.69, 9.17) is 14.2 Å². The number of thiophene rings is 1. The van der Waals surface area contributed by atoms with Crippen molar-refractivity contribution in [1.82, 2.24) is 0 Å². The summed E-state index contributed by atoms with van der Waals surface area (Å²) in [5.41, 5.74) is 2.35. The van der Waals surface area contributed by atoms with Crippen LogP contribution in [0.1, 0.15) is 39.2 Å². The van der Waals surface area contributed by atoms with Crippen LogP contribution in [0.4, 0.5) is 5.00 Å². The summed E-state index contributed by atoms with van der Waals surface area (Å²) < 4.78 is 15.0. The molecule has 0 radical (unpaired) electrons. The molecule has 8 heteroatoms. The molecule has 0 bridgehead atoms. The van der Waals surface area contributed by atoms with Crippen molar-refractivity contribution in [3.05, 3.63) is 45.8 Å². The number of ether oxygens (including phenoxy) is 3. The third-order valence-electron chi connectivity index (χ3n) is 4.70. The standard InChI is InChI=1S/C21H23NO6S/c1-26-14-9-6-13(7-10-14)8-11-18(24)28-12-17(23)22-20-19(21(25)27-2)15-4-3-5-16(15)29-20/h6-7,9-10H,3-5,8,11-12H2,1-2H3,(H,22,23). The van der Waals surface area contributed by atoms with Crippen LogP contribution >= 0.6 is 11.3 Å². The van der Waals surface area contributed by atoms with Crippen LogP contribution in [0.5, 0.6) is 5.75 Å². The number of benzene rings is 1. The van der Waals surface area contributed by atoms with E-state index >= 15 is 0 Å². The second kappa shape index (κ2) is 9.56. The molecule has 7 nitrogen and oxygen atoms in total. The molecule has 1 N–H and O–H groups in total. The number of hydrogen-bond acceptors (Lipinski definition) is 7. The number of nitrogens with one attached hydrogen (secondary N) is 1. The first-order valence-electron chi connectivity index (χ1n) is 9.33. The third-order valence-corrected chi connectivity index (χ3v) is 5.91. The van der Waals surface area contributed by atoms with Crippen LogP contribution in [0, 0.1) is 0 Å². The number of amides is 1. The number of anilines is 1. The molecule has 3 rings (SSSR count). The Morgan fingerprint density at radius 2 is 1.86 bits per heavy atom. The quantitative estimate of drug-likeness (QED) is 0.664. The lowest BCUT2D eigenvalue weighted by atomic mass is 10.1. The monoisotopic (exact) mass is 417 g/mol. The topological polar surface area (TPSA) is 90.9 Å². The minimum absolute atomic E-state index is 0.167. The number of esters is 2. The van der Waals surface area contributed by atoms with Gasteiger partial charge in [-0.15, -0.1) is 11.3 Å². The Bertz CT molecular complexity index is 903. The van der Waals surface area contributed by atoms with E-state index in [0.29, 0.717) is 17.0 Å². The zero-order valence-corrected chi connectivity index (χ0v) is 17.2. The van der Waals surface area contributed by atoms with Crippen molar-refractivity contribution >= 4 is 34.2 Å². The zero-order valence-electron chi connectivity index (χ0n) is 16.4. The first kappa shape index (κ1) is 20.9. The Morgan fingerprint density at radius 1 is 1.10 bits per heavy atom. The molecular weight excluding hydrogens is 394 g/mol. The van der Waals surface area contributed by atoms with Crippen LogP contribution < -0.4 is 10.1 Å². The smallest absolute Gasteiger partial charge is 0.341 e. The van der Waals surface area contributed by atoms with E-state index in [0.717, 1.165) is 41.0 Å². The first-order chi connectivity index (χ1) is 14.0. The number of hydrogen-bond donors (Lipinski definition) is 1. The highest BCUT2D eigenvalue weighted by Gasteiger charge is 2.28. The molecule has 1 aliphatic carbocycles. The number of carbonyl (C=O) groups is 3. The van der Waals surface area contributed by atoms with Crippen LogP contribution in [0.2, 0.25) is 0 Å². The van der Waals surface area contributed by atoms with E-state index in [1.54, 1.807) is 7.11 Å². The Balaban J connectivity index is 1.49. The van der Waals surface area contributed by atoms with Crippen molar-refractivity contribution in [1.29, 1.82) is 0 Å². The normalized spacial score (nSPS) is 12.2. The van der Waals surface area contributed by atoms with Crippen molar-refractivity contribution in [3.8, 4) is 5.75 Å². The van der Waals surface area contributed by atoms with Gasteiger partial charge in [0, 0.05) is 11.3 Å². The Kier molecular flexibility index (Phi) is 6.87. The van der Waals surface area contributed by atoms with Crippen LogP contribution in [0.25, 0.3) is 0 Å². The zero-order chi connectivity index (χ0) is 20.8. The third kappa shape index (κ3) is 5.14. The summed E-state index contributed by atoms with van der Waals surface area (Å²) >= 11 is 1.38.